The minimum atomic E-state index is -4.04. The molecule has 0 saturated carbocycles. The predicted octanol–water partition coefficient (Wildman–Crippen LogP) is 2.66. The van der Waals surface area contributed by atoms with Crippen molar-refractivity contribution in [2.75, 3.05) is 20.8 Å². The average Bonchev–Trinajstić information content (AvgIpc) is 3.44. The number of ether oxygens (including phenoxy) is 2. The molecule has 0 unspecified atom stereocenters. The number of carbonyl (C=O) groups is 2. The summed E-state index contributed by atoms with van der Waals surface area (Å²) in [4.78, 5) is 31.7. The van der Waals surface area contributed by atoms with Gasteiger partial charge in [0.1, 0.15) is 5.82 Å². The van der Waals surface area contributed by atoms with Crippen LogP contribution in [-0.2, 0) is 19.5 Å². The average molecular weight is 443 g/mol. The Morgan fingerprint density at radius 2 is 1.71 bits per heavy atom. The van der Waals surface area contributed by atoms with Crippen LogP contribution in [0.5, 0.6) is 0 Å². The van der Waals surface area contributed by atoms with Crippen LogP contribution in [0.3, 0.4) is 0 Å². The number of para-hydroxylation sites is 2. The molecule has 0 aliphatic carbocycles. The fraction of sp³-hybridized carbons (Fsp3) is 0.286. The zero-order valence-electron chi connectivity index (χ0n) is 17.0. The van der Waals surface area contributed by atoms with E-state index in [4.69, 9.17) is 9.47 Å². The Balaban J connectivity index is 1.77. The van der Waals surface area contributed by atoms with E-state index in [0.29, 0.717) is 25.2 Å². The molecule has 0 spiro atoms. The van der Waals surface area contributed by atoms with Gasteiger partial charge in [0.25, 0.3) is 0 Å². The van der Waals surface area contributed by atoms with Crippen LogP contribution in [0.1, 0.15) is 45.4 Å². The van der Waals surface area contributed by atoms with Crippen LogP contribution in [0.2, 0.25) is 0 Å². The Labute approximate surface area is 179 Å². The van der Waals surface area contributed by atoms with Crippen molar-refractivity contribution in [2.24, 2.45) is 0 Å². The number of imidazole rings is 1. The van der Waals surface area contributed by atoms with E-state index in [9.17, 15) is 18.0 Å². The van der Waals surface area contributed by atoms with E-state index >= 15 is 0 Å². The number of hydrogen-bond donors (Lipinski definition) is 1. The maximum atomic E-state index is 13.5. The lowest BCUT2D eigenvalue weighted by Crippen LogP contribution is -2.31. The molecule has 3 aromatic rings. The number of esters is 2. The molecule has 31 heavy (non-hydrogen) atoms. The number of nitrogens with zero attached hydrogens (tertiary/aromatic N) is 2. The minimum Gasteiger partial charge on any atom is -0.465 e. The van der Waals surface area contributed by atoms with Gasteiger partial charge in [0.15, 0.2) is 0 Å². The number of sulfonamides is 1. The highest BCUT2D eigenvalue weighted by Gasteiger charge is 2.38. The molecule has 2 aromatic carbocycles. The number of aromatic nitrogens is 2. The van der Waals surface area contributed by atoms with Crippen molar-refractivity contribution in [3.63, 3.8) is 0 Å². The maximum absolute atomic E-state index is 13.5. The highest BCUT2D eigenvalue weighted by molar-refractivity contribution is 7.89. The Hall–Kier alpha value is -3.24. The standard InChI is InChI=1S/C21H21N3O6S/c1-29-20(25)13-10-14(21(26)30-2)12-15(11-13)31(27,28)24-9-5-8-18(24)19-22-16-6-3-4-7-17(16)23-19/h3-4,6-7,10-12,18H,5,8-9H2,1-2H3,(H,22,23)/t18-/m0/s1. The normalized spacial score (nSPS) is 17.0. The Morgan fingerprint density at radius 3 is 2.32 bits per heavy atom. The van der Waals surface area contributed by atoms with Crippen molar-refractivity contribution in [3.8, 4) is 0 Å². The molecular weight excluding hydrogens is 422 g/mol. The summed E-state index contributed by atoms with van der Waals surface area (Å²) < 4.78 is 37.8. The molecule has 1 aliphatic rings. The molecule has 10 heteroatoms. The number of methoxy groups -OCH3 is 2. The molecule has 1 aliphatic heterocycles. The van der Waals surface area contributed by atoms with E-state index in [1.54, 1.807) is 0 Å². The quantitative estimate of drug-likeness (QED) is 0.602. The van der Waals surface area contributed by atoms with Crippen LogP contribution in [0.4, 0.5) is 0 Å². The summed E-state index contributed by atoms with van der Waals surface area (Å²) in [7, 11) is -1.68. The highest BCUT2D eigenvalue weighted by atomic mass is 32.2. The lowest BCUT2D eigenvalue weighted by molar-refractivity contribution is 0.0598. The minimum absolute atomic E-state index is 0.0524. The molecule has 0 bridgehead atoms. The fourth-order valence-electron chi connectivity index (χ4n) is 3.79. The van der Waals surface area contributed by atoms with Crippen molar-refractivity contribution in [2.45, 2.75) is 23.8 Å². The summed E-state index contributed by atoms with van der Waals surface area (Å²) >= 11 is 0. The van der Waals surface area contributed by atoms with E-state index in [1.165, 1.54) is 36.7 Å². The van der Waals surface area contributed by atoms with E-state index in [-0.39, 0.29) is 16.0 Å². The topological polar surface area (TPSA) is 119 Å². The summed E-state index contributed by atoms with van der Waals surface area (Å²) in [6, 6.07) is 10.7. The van der Waals surface area contributed by atoms with E-state index in [2.05, 4.69) is 9.97 Å². The molecule has 4 rings (SSSR count). The Morgan fingerprint density at radius 1 is 1.06 bits per heavy atom. The first-order valence-corrected chi connectivity index (χ1v) is 11.1. The number of aromatic amines is 1. The second-order valence-electron chi connectivity index (χ2n) is 7.14. The van der Waals surface area contributed by atoms with Gasteiger partial charge in [-0.2, -0.15) is 4.31 Å². The van der Waals surface area contributed by atoms with Gasteiger partial charge in [0.05, 0.1) is 47.3 Å². The van der Waals surface area contributed by atoms with E-state index < -0.39 is 28.0 Å². The number of nitrogens with one attached hydrogen (secondary N) is 1. The van der Waals surface area contributed by atoms with E-state index in [0.717, 1.165) is 11.0 Å². The lowest BCUT2D eigenvalue weighted by Gasteiger charge is -2.23. The van der Waals surface area contributed by atoms with Crippen molar-refractivity contribution in [1.29, 1.82) is 0 Å². The number of carbonyl (C=O) groups excluding carboxylic acids is 2. The van der Waals surface area contributed by atoms with Gasteiger partial charge in [-0.15, -0.1) is 0 Å². The van der Waals surface area contributed by atoms with Crippen LogP contribution < -0.4 is 0 Å². The molecular formula is C21H21N3O6S. The van der Waals surface area contributed by atoms with Gasteiger partial charge >= 0.3 is 11.9 Å². The summed E-state index contributed by atoms with van der Waals surface area (Å²) in [6.07, 6.45) is 1.25. The van der Waals surface area contributed by atoms with Crippen molar-refractivity contribution in [1.82, 2.24) is 14.3 Å². The van der Waals surface area contributed by atoms with Crippen molar-refractivity contribution >= 4 is 33.0 Å². The SMILES string of the molecule is COC(=O)c1cc(C(=O)OC)cc(S(=O)(=O)N2CCC[C@H]2c2nc3ccccc3[nH]2)c1. The number of rotatable bonds is 5. The molecule has 0 radical (unpaired) electrons. The number of fused-ring (bicyclic) bond motifs is 1. The predicted molar refractivity (Wildman–Crippen MR) is 111 cm³/mol. The van der Waals surface area contributed by atoms with Gasteiger partial charge in [-0.05, 0) is 43.2 Å². The molecule has 0 amide bonds. The smallest absolute Gasteiger partial charge is 0.337 e. The lowest BCUT2D eigenvalue weighted by atomic mass is 10.1. The highest BCUT2D eigenvalue weighted by Crippen LogP contribution is 2.36. The van der Waals surface area contributed by atoms with E-state index in [1.807, 2.05) is 24.3 Å². The van der Waals surface area contributed by atoms with Gasteiger partial charge in [0, 0.05) is 6.54 Å². The van der Waals surface area contributed by atoms with Gasteiger partial charge in [-0.3, -0.25) is 0 Å². The van der Waals surface area contributed by atoms with Crippen LogP contribution in [0.25, 0.3) is 11.0 Å². The Kier molecular flexibility index (Phi) is 5.50. The third-order valence-corrected chi connectivity index (χ3v) is 7.17. The molecule has 162 valence electrons. The Bertz CT molecular complexity index is 1200. The number of benzene rings is 2. The first-order chi connectivity index (χ1) is 14.8. The van der Waals surface area contributed by atoms with Gasteiger partial charge < -0.3 is 14.5 Å². The maximum Gasteiger partial charge on any atom is 0.337 e. The van der Waals surface area contributed by atoms with Crippen LogP contribution in [-0.4, -0.2) is 55.4 Å². The van der Waals surface area contributed by atoms with Crippen LogP contribution in [0, 0.1) is 0 Å². The molecule has 1 saturated heterocycles. The van der Waals surface area contributed by atoms with Gasteiger partial charge in [-0.1, -0.05) is 12.1 Å². The molecule has 1 fully saturated rings. The van der Waals surface area contributed by atoms with Gasteiger partial charge in [-0.25, -0.2) is 23.0 Å². The third-order valence-electron chi connectivity index (χ3n) is 5.28. The van der Waals surface area contributed by atoms with Crippen molar-refractivity contribution < 1.29 is 27.5 Å². The van der Waals surface area contributed by atoms with Crippen LogP contribution >= 0.6 is 0 Å². The number of H-pyrrole nitrogens is 1. The summed E-state index contributed by atoms with van der Waals surface area (Å²) in [5.74, 6) is -0.950. The molecule has 1 atom stereocenters. The second kappa shape index (κ2) is 8.12. The zero-order chi connectivity index (χ0) is 22.2. The second-order valence-corrected chi connectivity index (χ2v) is 9.03. The van der Waals surface area contributed by atoms with Crippen molar-refractivity contribution in [3.05, 3.63) is 59.4 Å². The monoisotopic (exact) mass is 443 g/mol. The number of hydrogen-bond acceptors (Lipinski definition) is 7. The summed E-state index contributed by atoms with van der Waals surface area (Å²) in [6.45, 7) is 0.292. The fourth-order valence-corrected chi connectivity index (χ4v) is 5.52. The third kappa shape index (κ3) is 3.79. The summed E-state index contributed by atoms with van der Waals surface area (Å²) in [5, 5.41) is 0. The largest absolute Gasteiger partial charge is 0.465 e. The molecule has 9 nitrogen and oxygen atoms in total. The first kappa shape index (κ1) is 21.0. The first-order valence-electron chi connectivity index (χ1n) is 9.63. The zero-order valence-corrected chi connectivity index (χ0v) is 17.8. The van der Waals surface area contributed by atoms with Crippen LogP contribution in [0.15, 0.2) is 47.4 Å². The molecule has 1 N–H and O–H groups in total. The molecule has 1 aromatic heterocycles. The summed E-state index contributed by atoms with van der Waals surface area (Å²) in [5.41, 5.74) is 1.47. The molecule has 2 heterocycles. The van der Waals surface area contributed by atoms with Gasteiger partial charge in [0.2, 0.25) is 10.0 Å².